The number of likely N-dealkylation sites (tertiary alicyclic amines) is 1. The molecule has 148 valence electrons. The average molecular weight is 373 g/mol. The third kappa shape index (κ3) is 5.96. The SMILES string of the molecule is CC1CCCN(CCCCNC(=O)Nc2cccc(N3CCCC3=O)c2)C1. The Morgan fingerprint density at radius 3 is 2.89 bits per heavy atom. The Labute approximate surface area is 162 Å². The Hall–Kier alpha value is -2.08. The Morgan fingerprint density at radius 1 is 1.22 bits per heavy atom. The molecule has 0 spiro atoms. The fourth-order valence-electron chi connectivity index (χ4n) is 4.00. The number of hydrogen-bond donors (Lipinski definition) is 2. The lowest BCUT2D eigenvalue weighted by Gasteiger charge is -2.30. The van der Waals surface area contributed by atoms with E-state index in [1.165, 1.54) is 25.9 Å². The molecular weight excluding hydrogens is 340 g/mol. The first-order valence-electron chi connectivity index (χ1n) is 10.3. The first-order chi connectivity index (χ1) is 13.1. The lowest BCUT2D eigenvalue weighted by molar-refractivity contribution is -0.117. The summed E-state index contributed by atoms with van der Waals surface area (Å²) in [6.07, 6.45) is 6.26. The third-order valence-electron chi connectivity index (χ3n) is 5.42. The van der Waals surface area contributed by atoms with Crippen molar-refractivity contribution < 1.29 is 9.59 Å². The van der Waals surface area contributed by atoms with Gasteiger partial charge in [0.2, 0.25) is 5.91 Å². The molecule has 0 radical (unpaired) electrons. The van der Waals surface area contributed by atoms with Crippen molar-refractivity contribution in [2.45, 2.75) is 45.4 Å². The molecule has 2 fully saturated rings. The van der Waals surface area contributed by atoms with E-state index in [4.69, 9.17) is 0 Å². The predicted molar refractivity (Wildman–Crippen MR) is 109 cm³/mol. The summed E-state index contributed by atoms with van der Waals surface area (Å²) < 4.78 is 0. The zero-order valence-corrected chi connectivity index (χ0v) is 16.4. The van der Waals surface area contributed by atoms with Crippen LogP contribution in [0.25, 0.3) is 0 Å². The van der Waals surface area contributed by atoms with Crippen LogP contribution in [0.2, 0.25) is 0 Å². The van der Waals surface area contributed by atoms with E-state index < -0.39 is 0 Å². The number of piperidine rings is 1. The highest BCUT2D eigenvalue weighted by Crippen LogP contribution is 2.24. The highest BCUT2D eigenvalue weighted by atomic mass is 16.2. The van der Waals surface area contributed by atoms with Gasteiger partial charge < -0.3 is 20.4 Å². The van der Waals surface area contributed by atoms with Crippen LogP contribution < -0.4 is 15.5 Å². The molecule has 1 aromatic carbocycles. The number of unbranched alkanes of at least 4 members (excludes halogenated alkanes) is 1. The van der Waals surface area contributed by atoms with Gasteiger partial charge in [-0.2, -0.15) is 0 Å². The van der Waals surface area contributed by atoms with Crippen LogP contribution in [0.1, 0.15) is 45.4 Å². The van der Waals surface area contributed by atoms with E-state index in [2.05, 4.69) is 22.5 Å². The molecule has 2 aliphatic rings. The summed E-state index contributed by atoms with van der Waals surface area (Å²) in [7, 11) is 0. The van der Waals surface area contributed by atoms with Gasteiger partial charge in [0.25, 0.3) is 0 Å². The summed E-state index contributed by atoms with van der Waals surface area (Å²) in [5.74, 6) is 0.967. The van der Waals surface area contributed by atoms with Gasteiger partial charge in [0.1, 0.15) is 0 Å². The summed E-state index contributed by atoms with van der Waals surface area (Å²) >= 11 is 0. The second-order valence-electron chi connectivity index (χ2n) is 7.84. The number of carbonyl (C=O) groups excluding carboxylic acids is 2. The average Bonchev–Trinajstić information content (AvgIpc) is 3.08. The van der Waals surface area contributed by atoms with Gasteiger partial charge in [0.15, 0.2) is 0 Å². The summed E-state index contributed by atoms with van der Waals surface area (Å²) in [6.45, 7) is 7.31. The van der Waals surface area contributed by atoms with Crippen molar-refractivity contribution in [1.82, 2.24) is 10.2 Å². The van der Waals surface area contributed by atoms with Gasteiger partial charge in [-0.15, -0.1) is 0 Å². The van der Waals surface area contributed by atoms with Crippen LogP contribution in [0.3, 0.4) is 0 Å². The molecule has 0 aromatic heterocycles. The standard InChI is InChI=1S/C21H32N4O2/c1-17-7-5-13-24(16-17)12-3-2-11-22-21(27)23-18-8-4-9-19(15-18)25-14-6-10-20(25)26/h4,8-9,15,17H,2-3,5-7,10-14,16H2,1H3,(H2,22,23,27). The number of amides is 3. The van der Waals surface area contributed by atoms with Crippen molar-refractivity contribution in [2.24, 2.45) is 5.92 Å². The number of hydrogen-bond acceptors (Lipinski definition) is 3. The maximum absolute atomic E-state index is 12.1. The van der Waals surface area contributed by atoms with E-state index in [1.807, 2.05) is 24.3 Å². The van der Waals surface area contributed by atoms with E-state index >= 15 is 0 Å². The van der Waals surface area contributed by atoms with Gasteiger partial charge in [0, 0.05) is 37.4 Å². The Balaban J connectivity index is 1.35. The molecule has 0 aliphatic carbocycles. The lowest BCUT2D eigenvalue weighted by Crippen LogP contribution is -2.35. The molecular formula is C21H32N4O2. The van der Waals surface area contributed by atoms with Crippen molar-refractivity contribution in [3.8, 4) is 0 Å². The molecule has 2 heterocycles. The molecule has 2 saturated heterocycles. The van der Waals surface area contributed by atoms with Gasteiger partial charge in [-0.25, -0.2) is 4.79 Å². The smallest absolute Gasteiger partial charge is 0.319 e. The molecule has 1 atom stereocenters. The first-order valence-corrected chi connectivity index (χ1v) is 10.3. The number of anilines is 2. The number of rotatable bonds is 7. The van der Waals surface area contributed by atoms with E-state index in [0.717, 1.165) is 44.0 Å². The Morgan fingerprint density at radius 2 is 2.11 bits per heavy atom. The second-order valence-corrected chi connectivity index (χ2v) is 7.84. The van der Waals surface area contributed by atoms with Crippen LogP contribution in [0.4, 0.5) is 16.2 Å². The van der Waals surface area contributed by atoms with Crippen molar-refractivity contribution in [1.29, 1.82) is 0 Å². The highest BCUT2D eigenvalue weighted by Gasteiger charge is 2.21. The molecule has 3 rings (SSSR count). The molecule has 1 aromatic rings. The van der Waals surface area contributed by atoms with E-state index in [1.54, 1.807) is 4.90 Å². The molecule has 6 nitrogen and oxygen atoms in total. The highest BCUT2D eigenvalue weighted by molar-refractivity contribution is 5.96. The topological polar surface area (TPSA) is 64.7 Å². The van der Waals surface area contributed by atoms with Crippen molar-refractivity contribution in [3.63, 3.8) is 0 Å². The maximum Gasteiger partial charge on any atom is 0.319 e. The maximum atomic E-state index is 12.1. The lowest BCUT2D eigenvalue weighted by atomic mass is 10.0. The van der Waals surface area contributed by atoms with Gasteiger partial charge in [-0.3, -0.25) is 4.79 Å². The minimum Gasteiger partial charge on any atom is -0.338 e. The number of urea groups is 1. The summed E-state index contributed by atoms with van der Waals surface area (Å²) in [4.78, 5) is 28.3. The van der Waals surface area contributed by atoms with Crippen LogP contribution in [0.5, 0.6) is 0 Å². The summed E-state index contributed by atoms with van der Waals surface area (Å²) in [6, 6.07) is 7.30. The quantitative estimate of drug-likeness (QED) is 0.721. The molecule has 0 saturated carbocycles. The molecule has 27 heavy (non-hydrogen) atoms. The van der Waals surface area contributed by atoms with Crippen molar-refractivity contribution in [2.75, 3.05) is 42.9 Å². The van der Waals surface area contributed by atoms with Gasteiger partial charge in [-0.1, -0.05) is 13.0 Å². The van der Waals surface area contributed by atoms with E-state index in [-0.39, 0.29) is 11.9 Å². The normalized spacial score (nSPS) is 20.7. The zero-order valence-electron chi connectivity index (χ0n) is 16.4. The van der Waals surface area contributed by atoms with Crippen LogP contribution in [0.15, 0.2) is 24.3 Å². The number of benzene rings is 1. The van der Waals surface area contributed by atoms with Crippen LogP contribution in [0, 0.1) is 5.92 Å². The largest absolute Gasteiger partial charge is 0.338 e. The van der Waals surface area contributed by atoms with Gasteiger partial charge >= 0.3 is 6.03 Å². The fourth-order valence-corrected chi connectivity index (χ4v) is 4.00. The molecule has 2 N–H and O–H groups in total. The molecule has 1 unspecified atom stereocenters. The zero-order chi connectivity index (χ0) is 19.1. The van der Waals surface area contributed by atoms with Crippen LogP contribution >= 0.6 is 0 Å². The minimum absolute atomic E-state index is 0.153. The van der Waals surface area contributed by atoms with Crippen molar-refractivity contribution >= 4 is 23.3 Å². The van der Waals surface area contributed by atoms with Gasteiger partial charge in [0.05, 0.1) is 0 Å². The minimum atomic E-state index is -0.188. The summed E-state index contributed by atoms with van der Waals surface area (Å²) in [5.41, 5.74) is 1.57. The number of carbonyl (C=O) groups is 2. The molecule has 2 aliphatic heterocycles. The number of nitrogens with one attached hydrogen (secondary N) is 2. The molecule has 3 amide bonds. The monoisotopic (exact) mass is 372 g/mol. The predicted octanol–water partition coefficient (Wildman–Crippen LogP) is 3.45. The number of nitrogens with zero attached hydrogens (tertiary/aromatic N) is 2. The van der Waals surface area contributed by atoms with Crippen molar-refractivity contribution in [3.05, 3.63) is 24.3 Å². The van der Waals surface area contributed by atoms with Crippen LogP contribution in [-0.4, -0.2) is 49.6 Å². The summed E-state index contributed by atoms with van der Waals surface area (Å²) in [5, 5.41) is 5.79. The van der Waals surface area contributed by atoms with E-state index in [0.29, 0.717) is 18.7 Å². The fraction of sp³-hybridized carbons (Fsp3) is 0.619. The second kappa shape index (κ2) is 9.74. The van der Waals surface area contributed by atoms with E-state index in [9.17, 15) is 9.59 Å². The first kappa shape index (κ1) is 19.7. The third-order valence-corrected chi connectivity index (χ3v) is 5.42. The van der Waals surface area contributed by atoms with Gasteiger partial charge in [-0.05, 0) is 69.3 Å². The Kier molecular flexibility index (Phi) is 7.10. The molecule has 0 bridgehead atoms. The Bertz CT molecular complexity index is 649. The van der Waals surface area contributed by atoms with Crippen LogP contribution in [-0.2, 0) is 4.79 Å². The molecule has 6 heteroatoms.